The molecule has 3 heterocycles. The van der Waals surface area contributed by atoms with Gasteiger partial charge in [0, 0.05) is 17.2 Å². The number of rotatable bonds is 2. The van der Waals surface area contributed by atoms with Gasteiger partial charge in [0.2, 0.25) is 0 Å². The van der Waals surface area contributed by atoms with Crippen LogP contribution in [0.3, 0.4) is 0 Å². The number of Topliss-reactive ketones (excluding diaryl/α,β-unsaturated/α-hetero) is 1. The third kappa shape index (κ3) is 2.93. The highest BCUT2D eigenvalue weighted by molar-refractivity contribution is 6.08. The lowest BCUT2D eigenvalue weighted by Gasteiger charge is -2.31. The van der Waals surface area contributed by atoms with Crippen molar-refractivity contribution < 1.29 is 14.3 Å². The molecule has 1 amide bonds. The summed E-state index contributed by atoms with van der Waals surface area (Å²) in [6.45, 7) is 9.06. The maximum absolute atomic E-state index is 12.7. The molecular formula is C21H22N4O3. The van der Waals surface area contributed by atoms with Gasteiger partial charge in [-0.3, -0.25) is 9.59 Å². The van der Waals surface area contributed by atoms with E-state index in [-0.39, 0.29) is 11.7 Å². The standard InChI is InChI=1S/C21H22N4O3/c1-20(2,3)17(26)12-9-22-18-16(12)24-14(10-23-18)11-6-7-15-13(8-11)25-19(27)21(4,5)28-15/h6-10H,1-5H3,(H,22,23)(H,25,27). The second kappa shape index (κ2) is 5.89. The Labute approximate surface area is 162 Å². The van der Waals surface area contributed by atoms with Crippen molar-refractivity contribution in [1.82, 2.24) is 15.0 Å². The van der Waals surface area contributed by atoms with Crippen molar-refractivity contribution in [2.75, 3.05) is 5.32 Å². The van der Waals surface area contributed by atoms with E-state index < -0.39 is 11.0 Å². The van der Waals surface area contributed by atoms with Crippen LogP contribution < -0.4 is 10.1 Å². The van der Waals surface area contributed by atoms with Crippen molar-refractivity contribution in [2.24, 2.45) is 5.41 Å². The minimum atomic E-state index is -0.916. The van der Waals surface area contributed by atoms with E-state index in [0.29, 0.717) is 33.9 Å². The Morgan fingerprint density at radius 1 is 1.21 bits per heavy atom. The number of benzene rings is 1. The van der Waals surface area contributed by atoms with Crippen LogP contribution in [0, 0.1) is 5.41 Å². The Hall–Kier alpha value is -3.22. The number of nitrogens with one attached hydrogen (secondary N) is 2. The molecule has 0 bridgehead atoms. The number of aromatic amines is 1. The number of hydrogen-bond donors (Lipinski definition) is 2. The van der Waals surface area contributed by atoms with E-state index in [2.05, 4.69) is 20.3 Å². The fraction of sp³-hybridized carbons (Fsp3) is 0.333. The van der Waals surface area contributed by atoms with Crippen LogP contribution >= 0.6 is 0 Å². The molecule has 0 aliphatic carbocycles. The molecule has 28 heavy (non-hydrogen) atoms. The van der Waals surface area contributed by atoms with Gasteiger partial charge in [0.25, 0.3) is 5.91 Å². The summed E-state index contributed by atoms with van der Waals surface area (Å²) in [7, 11) is 0. The predicted molar refractivity (Wildman–Crippen MR) is 106 cm³/mol. The van der Waals surface area contributed by atoms with E-state index >= 15 is 0 Å². The third-order valence-corrected chi connectivity index (χ3v) is 4.74. The first kappa shape index (κ1) is 18.2. The van der Waals surface area contributed by atoms with Gasteiger partial charge < -0.3 is 15.0 Å². The lowest BCUT2D eigenvalue weighted by Crippen LogP contribution is -2.45. The van der Waals surface area contributed by atoms with Crippen LogP contribution in [0.25, 0.3) is 22.4 Å². The minimum Gasteiger partial charge on any atom is -0.476 e. The number of anilines is 1. The van der Waals surface area contributed by atoms with Crippen molar-refractivity contribution in [3.05, 3.63) is 36.2 Å². The summed E-state index contributed by atoms with van der Waals surface area (Å²) in [5, 5.41) is 2.87. The zero-order valence-corrected chi connectivity index (χ0v) is 16.5. The van der Waals surface area contributed by atoms with Crippen molar-refractivity contribution in [3.8, 4) is 17.0 Å². The fourth-order valence-electron chi connectivity index (χ4n) is 3.08. The fourth-order valence-corrected chi connectivity index (χ4v) is 3.08. The van der Waals surface area contributed by atoms with Gasteiger partial charge in [-0.1, -0.05) is 20.8 Å². The van der Waals surface area contributed by atoms with E-state index in [1.165, 1.54) is 0 Å². The lowest BCUT2D eigenvalue weighted by atomic mass is 9.87. The van der Waals surface area contributed by atoms with Crippen LogP contribution in [0.5, 0.6) is 5.75 Å². The number of aromatic nitrogens is 3. The number of nitrogens with zero attached hydrogens (tertiary/aromatic N) is 2. The van der Waals surface area contributed by atoms with Crippen molar-refractivity contribution in [2.45, 2.75) is 40.2 Å². The normalized spacial score (nSPS) is 15.7. The average Bonchev–Trinajstić information content (AvgIpc) is 3.03. The molecule has 1 aliphatic rings. The number of fused-ring (bicyclic) bond motifs is 2. The highest BCUT2D eigenvalue weighted by atomic mass is 16.5. The highest BCUT2D eigenvalue weighted by Crippen LogP contribution is 2.36. The van der Waals surface area contributed by atoms with Crippen molar-refractivity contribution >= 4 is 28.5 Å². The first-order valence-corrected chi connectivity index (χ1v) is 9.10. The Morgan fingerprint density at radius 3 is 2.68 bits per heavy atom. The van der Waals surface area contributed by atoms with Gasteiger partial charge >= 0.3 is 0 Å². The van der Waals surface area contributed by atoms with Gasteiger partial charge in [0.05, 0.1) is 23.1 Å². The van der Waals surface area contributed by atoms with E-state index in [0.717, 1.165) is 5.56 Å². The molecule has 0 unspecified atom stereocenters. The summed E-state index contributed by atoms with van der Waals surface area (Å²) in [4.78, 5) is 37.0. The summed E-state index contributed by atoms with van der Waals surface area (Å²) in [6, 6.07) is 5.46. The molecule has 3 aromatic rings. The van der Waals surface area contributed by atoms with Gasteiger partial charge in [0.1, 0.15) is 11.3 Å². The number of H-pyrrole nitrogens is 1. The zero-order valence-electron chi connectivity index (χ0n) is 16.5. The number of ketones is 1. The topological polar surface area (TPSA) is 97.0 Å². The molecule has 144 valence electrons. The minimum absolute atomic E-state index is 0.00136. The highest BCUT2D eigenvalue weighted by Gasteiger charge is 2.35. The zero-order chi connectivity index (χ0) is 20.3. The molecule has 2 aromatic heterocycles. The van der Waals surface area contributed by atoms with Crippen LogP contribution in [-0.4, -0.2) is 32.2 Å². The summed E-state index contributed by atoms with van der Waals surface area (Å²) in [5.74, 6) is 0.397. The Morgan fingerprint density at radius 2 is 1.96 bits per heavy atom. The van der Waals surface area contributed by atoms with Gasteiger partial charge in [-0.15, -0.1) is 0 Å². The van der Waals surface area contributed by atoms with Crippen LogP contribution in [0.15, 0.2) is 30.6 Å². The maximum Gasteiger partial charge on any atom is 0.268 e. The smallest absolute Gasteiger partial charge is 0.268 e. The molecular weight excluding hydrogens is 356 g/mol. The first-order chi connectivity index (χ1) is 13.1. The van der Waals surface area contributed by atoms with E-state index in [9.17, 15) is 9.59 Å². The first-order valence-electron chi connectivity index (χ1n) is 9.10. The Kier molecular flexibility index (Phi) is 3.82. The SMILES string of the molecule is CC(C)(C)C(=O)c1c[nH]c2ncc(-c3ccc4c(c3)NC(=O)C(C)(C)O4)nc12. The quantitative estimate of drug-likeness (QED) is 0.658. The molecule has 0 fully saturated rings. The van der Waals surface area contributed by atoms with Crippen LogP contribution in [0.4, 0.5) is 5.69 Å². The molecule has 0 spiro atoms. The van der Waals surface area contributed by atoms with Crippen LogP contribution in [0.1, 0.15) is 45.0 Å². The van der Waals surface area contributed by atoms with Crippen LogP contribution in [-0.2, 0) is 4.79 Å². The van der Waals surface area contributed by atoms with Crippen molar-refractivity contribution in [1.29, 1.82) is 0 Å². The number of amides is 1. The number of hydrogen-bond acceptors (Lipinski definition) is 5. The second-order valence-corrected chi connectivity index (χ2v) is 8.51. The molecule has 0 radical (unpaired) electrons. The number of carbonyl (C=O) groups excluding carboxylic acids is 2. The number of carbonyl (C=O) groups is 2. The molecule has 7 nitrogen and oxygen atoms in total. The maximum atomic E-state index is 12.7. The molecule has 1 aromatic carbocycles. The largest absolute Gasteiger partial charge is 0.476 e. The Bertz CT molecular complexity index is 1120. The van der Waals surface area contributed by atoms with Gasteiger partial charge in [-0.2, -0.15) is 0 Å². The van der Waals surface area contributed by atoms with Crippen molar-refractivity contribution in [3.63, 3.8) is 0 Å². The monoisotopic (exact) mass is 378 g/mol. The molecule has 7 heteroatoms. The van der Waals surface area contributed by atoms with Crippen LogP contribution in [0.2, 0.25) is 0 Å². The summed E-state index contributed by atoms with van der Waals surface area (Å²) < 4.78 is 5.77. The molecule has 0 saturated heterocycles. The summed E-state index contributed by atoms with van der Waals surface area (Å²) >= 11 is 0. The molecule has 2 N–H and O–H groups in total. The van der Waals surface area contributed by atoms with E-state index in [1.54, 1.807) is 38.4 Å². The molecule has 4 rings (SSSR count). The lowest BCUT2D eigenvalue weighted by molar-refractivity contribution is -0.129. The average molecular weight is 378 g/mol. The molecule has 1 aliphatic heterocycles. The predicted octanol–water partition coefficient (Wildman–Crippen LogP) is 3.96. The Balaban J connectivity index is 1.77. The van der Waals surface area contributed by atoms with Gasteiger partial charge in [-0.25, -0.2) is 9.97 Å². The second-order valence-electron chi connectivity index (χ2n) is 8.51. The van der Waals surface area contributed by atoms with Gasteiger partial charge in [0.15, 0.2) is 17.0 Å². The van der Waals surface area contributed by atoms with E-state index in [1.807, 2.05) is 26.8 Å². The molecule has 0 saturated carbocycles. The van der Waals surface area contributed by atoms with E-state index in [4.69, 9.17) is 4.74 Å². The molecule has 0 atom stereocenters. The third-order valence-electron chi connectivity index (χ3n) is 4.74. The summed E-state index contributed by atoms with van der Waals surface area (Å²) in [5.41, 5.74) is 2.15. The summed E-state index contributed by atoms with van der Waals surface area (Å²) in [6.07, 6.45) is 3.30. The number of ether oxygens (including phenoxy) is 1. The van der Waals surface area contributed by atoms with Gasteiger partial charge in [-0.05, 0) is 32.0 Å².